The summed E-state index contributed by atoms with van der Waals surface area (Å²) in [5, 5.41) is 0. The maximum atomic E-state index is 12.0. The zero-order valence-electron chi connectivity index (χ0n) is 11.1. The van der Waals surface area contributed by atoms with E-state index in [-0.39, 0.29) is 5.75 Å². The van der Waals surface area contributed by atoms with Gasteiger partial charge in [0.05, 0.1) is 0 Å². The first-order valence-electron chi connectivity index (χ1n) is 6.58. The molecule has 19 heavy (non-hydrogen) atoms. The quantitative estimate of drug-likeness (QED) is 0.861. The molecule has 1 aromatic rings. The second kappa shape index (κ2) is 6.30. The number of hydrogen-bond acceptors (Lipinski definition) is 3. The number of hydrogen-bond donors (Lipinski definition) is 1. The van der Waals surface area contributed by atoms with Crippen LogP contribution >= 0.6 is 0 Å². The summed E-state index contributed by atoms with van der Waals surface area (Å²) in [6.45, 7) is 1.38. The Morgan fingerprint density at radius 1 is 1.32 bits per heavy atom. The maximum Gasteiger partial charge on any atom is 0.387 e. The first-order chi connectivity index (χ1) is 9.04. The minimum atomic E-state index is -2.76. The number of nitrogens with two attached hydrogens (primary N) is 1. The van der Waals surface area contributed by atoms with E-state index in [4.69, 9.17) is 5.73 Å². The van der Waals surface area contributed by atoms with Crippen molar-refractivity contribution in [3.05, 3.63) is 29.8 Å². The molecule has 106 valence electrons. The van der Waals surface area contributed by atoms with Gasteiger partial charge < -0.3 is 10.5 Å². The van der Waals surface area contributed by atoms with Gasteiger partial charge in [-0.25, -0.2) is 0 Å². The average molecular weight is 270 g/mol. The average Bonchev–Trinajstić information content (AvgIpc) is 2.33. The van der Waals surface area contributed by atoms with Crippen molar-refractivity contribution in [2.24, 2.45) is 5.73 Å². The smallest absolute Gasteiger partial charge is 0.387 e. The highest BCUT2D eigenvalue weighted by Gasteiger charge is 2.26. The molecule has 1 aliphatic rings. The summed E-state index contributed by atoms with van der Waals surface area (Å²) in [7, 11) is 0. The highest BCUT2D eigenvalue weighted by molar-refractivity contribution is 5.27. The number of rotatable bonds is 6. The molecule has 3 nitrogen and oxygen atoms in total. The van der Waals surface area contributed by atoms with Crippen LogP contribution in [0, 0.1) is 0 Å². The van der Waals surface area contributed by atoms with Crippen LogP contribution < -0.4 is 10.5 Å². The number of nitrogens with zero attached hydrogens (tertiary/aromatic N) is 1. The molecule has 0 aromatic heterocycles. The van der Waals surface area contributed by atoms with Crippen LogP contribution in [0.25, 0.3) is 0 Å². The van der Waals surface area contributed by atoms with E-state index in [2.05, 4.69) is 16.6 Å². The van der Waals surface area contributed by atoms with Gasteiger partial charge in [0, 0.05) is 25.2 Å². The molecule has 1 unspecified atom stereocenters. The molecule has 0 spiro atoms. The molecule has 1 saturated heterocycles. The van der Waals surface area contributed by atoms with Crippen molar-refractivity contribution in [1.29, 1.82) is 0 Å². The van der Waals surface area contributed by atoms with Gasteiger partial charge in [-0.2, -0.15) is 8.78 Å². The number of alkyl halides is 2. The fourth-order valence-corrected chi connectivity index (χ4v) is 2.30. The Labute approximate surface area is 112 Å². The van der Waals surface area contributed by atoms with Crippen molar-refractivity contribution in [2.75, 3.05) is 13.1 Å². The van der Waals surface area contributed by atoms with Crippen LogP contribution in [0.15, 0.2) is 24.3 Å². The summed E-state index contributed by atoms with van der Waals surface area (Å²) in [6.07, 6.45) is 1.98. The van der Waals surface area contributed by atoms with Crippen molar-refractivity contribution in [2.45, 2.75) is 38.5 Å². The van der Waals surface area contributed by atoms with Gasteiger partial charge in [0.15, 0.2) is 0 Å². The second-order valence-electron chi connectivity index (χ2n) is 5.12. The summed E-state index contributed by atoms with van der Waals surface area (Å²) >= 11 is 0. The van der Waals surface area contributed by atoms with Crippen LogP contribution in [-0.2, 0) is 6.42 Å². The third kappa shape index (κ3) is 4.14. The number of ether oxygens (including phenoxy) is 1. The van der Waals surface area contributed by atoms with Crippen LogP contribution in [0.4, 0.5) is 8.78 Å². The van der Waals surface area contributed by atoms with E-state index in [9.17, 15) is 8.78 Å². The standard InChI is InChI=1S/C14H20F2N2O/c1-10(18-8-12(17)9-18)2-3-11-4-6-13(7-5-11)19-14(15)16/h4-7,10,12,14H,2-3,8-9,17H2,1H3. The van der Waals surface area contributed by atoms with Crippen LogP contribution in [0.1, 0.15) is 18.9 Å². The molecule has 0 aliphatic carbocycles. The van der Waals surface area contributed by atoms with E-state index in [0.29, 0.717) is 12.1 Å². The summed E-state index contributed by atoms with van der Waals surface area (Å²) in [5.74, 6) is 0.209. The monoisotopic (exact) mass is 270 g/mol. The van der Waals surface area contributed by atoms with Crippen molar-refractivity contribution >= 4 is 0 Å². The molecule has 0 amide bonds. The Balaban J connectivity index is 1.76. The SMILES string of the molecule is CC(CCc1ccc(OC(F)F)cc1)N1CC(N)C1. The van der Waals surface area contributed by atoms with Crippen molar-refractivity contribution in [1.82, 2.24) is 4.90 Å². The lowest BCUT2D eigenvalue weighted by Gasteiger charge is -2.41. The molecule has 1 heterocycles. The Morgan fingerprint density at radius 2 is 1.95 bits per heavy atom. The van der Waals surface area contributed by atoms with Gasteiger partial charge in [0.25, 0.3) is 0 Å². The van der Waals surface area contributed by atoms with Crippen LogP contribution in [-0.4, -0.2) is 36.7 Å². The van der Waals surface area contributed by atoms with E-state index in [1.807, 2.05) is 12.1 Å². The van der Waals surface area contributed by atoms with E-state index >= 15 is 0 Å². The molecule has 1 aliphatic heterocycles. The first kappa shape index (κ1) is 14.2. The lowest BCUT2D eigenvalue weighted by atomic mass is 10.0. The van der Waals surface area contributed by atoms with Gasteiger partial charge in [0.2, 0.25) is 0 Å². The van der Waals surface area contributed by atoms with Gasteiger partial charge in [-0.1, -0.05) is 12.1 Å². The predicted molar refractivity (Wildman–Crippen MR) is 70.4 cm³/mol. The van der Waals surface area contributed by atoms with Gasteiger partial charge >= 0.3 is 6.61 Å². The molecule has 2 N–H and O–H groups in total. The molecular formula is C14H20F2N2O. The number of halogens is 2. The first-order valence-corrected chi connectivity index (χ1v) is 6.58. The fourth-order valence-electron chi connectivity index (χ4n) is 2.30. The summed E-state index contributed by atoms with van der Waals surface area (Å²) in [5.41, 5.74) is 6.89. The molecule has 1 aromatic carbocycles. The van der Waals surface area contributed by atoms with Crippen molar-refractivity contribution < 1.29 is 13.5 Å². The summed E-state index contributed by atoms with van der Waals surface area (Å²) < 4.78 is 28.3. The molecule has 1 atom stereocenters. The van der Waals surface area contributed by atoms with E-state index in [1.54, 1.807) is 12.1 Å². The maximum absolute atomic E-state index is 12.0. The summed E-state index contributed by atoms with van der Waals surface area (Å²) in [6, 6.07) is 7.70. The third-order valence-corrected chi connectivity index (χ3v) is 3.56. The predicted octanol–water partition coefficient (Wildman–Crippen LogP) is 2.25. The van der Waals surface area contributed by atoms with E-state index < -0.39 is 6.61 Å². The summed E-state index contributed by atoms with van der Waals surface area (Å²) in [4.78, 5) is 2.36. The lowest BCUT2D eigenvalue weighted by molar-refractivity contribution is -0.0498. The molecule has 0 radical (unpaired) electrons. The van der Waals surface area contributed by atoms with Gasteiger partial charge in [0.1, 0.15) is 5.75 Å². The molecule has 2 rings (SSSR count). The van der Waals surface area contributed by atoms with Crippen LogP contribution in [0.2, 0.25) is 0 Å². The largest absolute Gasteiger partial charge is 0.435 e. The third-order valence-electron chi connectivity index (χ3n) is 3.56. The molecule has 0 bridgehead atoms. The van der Waals surface area contributed by atoms with Crippen molar-refractivity contribution in [3.63, 3.8) is 0 Å². The Morgan fingerprint density at radius 3 is 2.47 bits per heavy atom. The molecule has 0 saturated carbocycles. The second-order valence-corrected chi connectivity index (χ2v) is 5.12. The topological polar surface area (TPSA) is 38.5 Å². The van der Waals surface area contributed by atoms with Gasteiger partial charge in [-0.15, -0.1) is 0 Å². The van der Waals surface area contributed by atoms with Crippen LogP contribution in [0.3, 0.4) is 0 Å². The number of likely N-dealkylation sites (tertiary alicyclic amines) is 1. The van der Waals surface area contributed by atoms with Crippen molar-refractivity contribution in [3.8, 4) is 5.75 Å². The Bertz CT molecular complexity index is 391. The van der Waals surface area contributed by atoms with Crippen LogP contribution in [0.5, 0.6) is 5.75 Å². The van der Waals surface area contributed by atoms with Gasteiger partial charge in [-0.05, 0) is 37.5 Å². The zero-order valence-corrected chi connectivity index (χ0v) is 11.1. The molecular weight excluding hydrogens is 250 g/mol. The fraction of sp³-hybridized carbons (Fsp3) is 0.571. The lowest BCUT2D eigenvalue weighted by Crippen LogP contribution is -2.58. The Kier molecular flexibility index (Phi) is 4.71. The minimum absolute atomic E-state index is 0.209. The Hall–Kier alpha value is -1.20. The van der Waals surface area contributed by atoms with Gasteiger partial charge in [-0.3, -0.25) is 4.90 Å². The highest BCUT2D eigenvalue weighted by atomic mass is 19.3. The number of aryl methyl sites for hydroxylation is 1. The zero-order chi connectivity index (χ0) is 13.8. The minimum Gasteiger partial charge on any atom is -0.435 e. The normalized spacial score (nSPS) is 18.4. The highest BCUT2D eigenvalue weighted by Crippen LogP contribution is 2.18. The van der Waals surface area contributed by atoms with E-state index in [1.165, 1.54) is 0 Å². The van der Waals surface area contributed by atoms with E-state index in [0.717, 1.165) is 31.5 Å². The molecule has 5 heteroatoms. The number of benzene rings is 1. The molecule has 1 fully saturated rings.